The lowest BCUT2D eigenvalue weighted by molar-refractivity contribution is 0.802. The van der Waals surface area contributed by atoms with Crippen molar-refractivity contribution in [2.75, 3.05) is 0 Å². The van der Waals surface area contributed by atoms with E-state index in [-0.39, 0.29) is 0 Å². The van der Waals surface area contributed by atoms with Crippen LogP contribution in [0.25, 0.3) is 5.69 Å². The van der Waals surface area contributed by atoms with E-state index in [1.54, 1.807) is 0 Å². The van der Waals surface area contributed by atoms with E-state index in [1.807, 2.05) is 29.8 Å². The van der Waals surface area contributed by atoms with Gasteiger partial charge in [0.05, 0.1) is 11.4 Å². The summed E-state index contributed by atoms with van der Waals surface area (Å²) in [5, 5.41) is 5.30. The van der Waals surface area contributed by atoms with Gasteiger partial charge in [0.15, 0.2) is 0 Å². The summed E-state index contributed by atoms with van der Waals surface area (Å²) >= 11 is 6.06. The molecule has 3 heteroatoms. The lowest BCUT2D eigenvalue weighted by Crippen LogP contribution is -2.02. The van der Waals surface area contributed by atoms with Crippen LogP contribution >= 0.6 is 11.6 Å². The minimum absolute atomic E-state index is 0.425. The van der Waals surface area contributed by atoms with Gasteiger partial charge < -0.3 is 0 Å². The molecule has 90 valence electrons. The second-order valence-electron chi connectivity index (χ2n) is 4.70. The monoisotopic (exact) mass is 248 g/mol. The first-order valence-electron chi connectivity index (χ1n) is 5.81. The summed E-state index contributed by atoms with van der Waals surface area (Å²) in [6.45, 7) is 8.43. The molecule has 0 aliphatic rings. The third-order valence-electron chi connectivity index (χ3n) is 3.00. The SMILES string of the molecule is Cc1cn(-c2ccc(Cl)cc2C(C)C)nc1C. The van der Waals surface area contributed by atoms with E-state index >= 15 is 0 Å². The van der Waals surface area contributed by atoms with E-state index in [2.05, 4.69) is 32.1 Å². The maximum atomic E-state index is 6.06. The van der Waals surface area contributed by atoms with Crippen LogP contribution in [0.2, 0.25) is 5.02 Å². The van der Waals surface area contributed by atoms with Crippen molar-refractivity contribution >= 4 is 11.6 Å². The topological polar surface area (TPSA) is 17.8 Å². The molecular weight excluding hydrogens is 232 g/mol. The number of hydrogen-bond acceptors (Lipinski definition) is 1. The molecule has 0 bridgehead atoms. The molecule has 17 heavy (non-hydrogen) atoms. The predicted octanol–water partition coefficient (Wildman–Crippen LogP) is 4.27. The van der Waals surface area contributed by atoms with Crippen molar-refractivity contribution in [1.29, 1.82) is 0 Å². The summed E-state index contributed by atoms with van der Waals surface area (Å²) in [6, 6.07) is 5.96. The highest BCUT2D eigenvalue weighted by Crippen LogP contribution is 2.26. The molecular formula is C14H17ClN2. The number of aryl methyl sites for hydroxylation is 2. The van der Waals surface area contributed by atoms with Gasteiger partial charge in [-0.2, -0.15) is 5.10 Å². The van der Waals surface area contributed by atoms with Crippen LogP contribution in [-0.2, 0) is 0 Å². The molecule has 2 nitrogen and oxygen atoms in total. The van der Waals surface area contributed by atoms with E-state index < -0.39 is 0 Å². The third-order valence-corrected chi connectivity index (χ3v) is 3.24. The summed E-state index contributed by atoms with van der Waals surface area (Å²) < 4.78 is 1.94. The number of aromatic nitrogens is 2. The summed E-state index contributed by atoms with van der Waals surface area (Å²) in [7, 11) is 0. The Hall–Kier alpha value is -1.28. The second-order valence-corrected chi connectivity index (χ2v) is 5.14. The molecule has 2 rings (SSSR count). The Morgan fingerprint density at radius 3 is 2.47 bits per heavy atom. The summed E-state index contributed by atoms with van der Waals surface area (Å²) in [6.07, 6.45) is 2.06. The molecule has 0 radical (unpaired) electrons. The van der Waals surface area contributed by atoms with Crippen molar-refractivity contribution in [3.8, 4) is 5.69 Å². The number of benzene rings is 1. The van der Waals surface area contributed by atoms with Crippen molar-refractivity contribution in [3.63, 3.8) is 0 Å². The minimum atomic E-state index is 0.425. The molecule has 0 aliphatic heterocycles. The van der Waals surface area contributed by atoms with E-state index in [4.69, 9.17) is 11.6 Å². The Labute approximate surface area is 107 Å². The lowest BCUT2D eigenvalue weighted by Gasteiger charge is -2.13. The molecule has 0 saturated carbocycles. The Kier molecular flexibility index (Phi) is 3.25. The largest absolute Gasteiger partial charge is 0.240 e. The fraction of sp³-hybridized carbons (Fsp3) is 0.357. The molecule has 0 atom stereocenters. The van der Waals surface area contributed by atoms with Gasteiger partial charge in [-0.15, -0.1) is 0 Å². The smallest absolute Gasteiger partial charge is 0.0681 e. The van der Waals surface area contributed by atoms with Crippen LogP contribution in [0.3, 0.4) is 0 Å². The first-order valence-corrected chi connectivity index (χ1v) is 6.19. The zero-order valence-electron chi connectivity index (χ0n) is 10.7. The van der Waals surface area contributed by atoms with Crippen molar-refractivity contribution in [2.45, 2.75) is 33.6 Å². The van der Waals surface area contributed by atoms with Gasteiger partial charge in [0.1, 0.15) is 0 Å². The zero-order valence-corrected chi connectivity index (χ0v) is 11.4. The van der Waals surface area contributed by atoms with Gasteiger partial charge >= 0.3 is 0 Å². The molecule has 0 saturated heterocycles. The van der Waals surface area contributed by atoms with Gasteiger partial charge in [-0.3, -0.25) is 0 Å². The van der Waals surface area contributed by atoms with E-state index in [0.29, 0.717) is 5.92 Å². The van der Waals surface area contributed by atoms with Gasteiger partial charge in [0, 0.05) is 11.2 Å². The van der Waals surface area contributed by atoms with E-state index in [9.17, 15) is 0 Å². The normalized spacial score (nSPS) is 11.2. The Balaban J connectivity index is 2.58. The minimum Gasteiger partial charge on any atom is -0.240 e. The fourth-order valence-corrected chi connectivity index (χ4v) is 2.05. The number of hydrogen-bond donors (Lipinski definition) is 0. The number of halogens is 1. The standard InChI is InChI=1S/C14H17ClN2/c1-9(2)13-7-12(15)5-6-14(13)17-8-10(3)11(4)16-17/h5-9H,1-4H3. The highest BCUT2D eigenvalue weighted by Gasteiger charge is 2.11. The maximum absolute atomic E-state index is 6.06. The van der Waals surface area contributed by atoms with E-state index in [0.717, 1.165) is 16.4 Å². The van der Waals surface area contributed by atoms with Gasteiger partial charge in [-0.05, 0) is 49.1 Å². The predicted molar refractivity (Wildman–Crippen MR) is 72.1 cm³/mol. The molecule has 0 amide bonds. The first kappa shape index (κ1) is 12.2. The Bertz CT molecular complexity index is 522. The molecule has 0 fully saturated rings. The molecule has 1 aromatic heterocycles. The van der Waals surface area contributed by atoms with Crippen molar-refractivity contribution in [2.24, 2.45) is 0 Å². The average molecular weight is 249 g/mol. The highest BCUT2D eigenvalue weighted by molar-refractivity contribution is 6.30. The zero-order chi connectivity index (χ0) is 12.6. The Morgan fingerprint density at radius 2 is 1.94 bits per heavy atom. The molecule has 0 unspecified atom stereocenters. The van der Waals surface area contributed by atoms with Crippen LogP contribution in [0.5, 0.6) is 0 Å². The van der Waals surface area contributed by atoms with Gasteiger partial charge in [0.25, 0.3) is 0 Å². The molecule has 1 aromatic carbocycles. The molecule has 0 N–H and O–H groups in total. The summed E-state index contributed by atoms with van der Waals surface area (Å²) in [5.74, 6) is 0.425. The van der Waals surface area contributed by atoms with Crippen LogP contribution in [0.1, 0.15) is 36.6 Å². The van der Waals surface area contributed by atoms with Crippen LogP contribution in [0.15, 0.2) is 24.4 Å². The molecule has 2 aromatic rings. The third kappa shape index (κ3) is 2.37. The van der Waals surface area contributed by atoms with E-state index in [1.165, 1.54) is 11.1 Å². The van der Waals surface area contributed by atoms with Crippen LogP contribution in [0, 0.1) is 13.8 Å². The molecule has 0 spiro atoms. The molecule has 1 heterocycles. The summed E-state index contributed by atoms with van der Waals surface area (Å²) in [4.78, 5) is 0. The highest BCUT2D eigenvalue weighted by atomic mass is 35.5. The van der Waals surface area contributed by atoms with Crippen molar-refractivity contribution in [1.82, 2.24) is 9.78 Å². The molecule has 0 aliphatic carbocycles. The quantitative estimate of drug-likeness (QED) is 0.776. The number of nitrogens with zero attached hydrogens (tertiary/aromatic N) is 2. The summed E-state index contributed by atoms with van der Waals surface area (Å²) in [5.41, 5.74) is 4.60. The van der Waals surface area contributed by atoms with Gasteiger partial charge in [-0.1, -0.05) is 25.4 Å². The Morgan fingerprint density at radius 1 is 1.24 bits per heavy atom. The van der Waals surface area contributed by atoms with Crippen LogP contribution < -0.4 is 0 Å². The second kappa shape index (κ2) is 4.53. The fourth-order valence-electron chi connectivity index (χ4n) is 1.87. The van der Waals surface area contributed by atoms with Gasteiger partial charge in [-0.25, -0.2) is 4.68 Å². The maximum Gasteiger partial charge on any atom is 0.0681 e. The van der Waals surface area contributed by atoms with Crippen molar-refractivity contribution in [3.05, 3.63) is 46.2 Å². The van der Waals surface area contributed by atoms with Crippen LogP contribution in [0.4, 0.5) is 0 Å². The lowest BCUT2D eigenvalue weighted by atomic mass is 10.0. The van der Waals surface area contributed by atoms with Gasteiger partial charge in [0.2, 0.25) is 0 Å². The average Bonchev–Trinajstić information content (AvgIpc) is 2.59. The van der Waals surface area contributed by atoms with Crippen LogP contribution in [-0.4, -0.2) is 9.78 Å². The van der Waals surface area contributed by atoms with Crippen molar-refractivity contribution < 1.29 is 0 Å². The number of rotatable bonds is 2. The first-order chi connectivity index (χ1) is 7.99.